The first kappa shape index (κ1) is 17.9. The molecule has 0 saturated carbocycles. The summed E-state index contributed by atoms with van der Waals surface area (Å²) in [6.45, 7) is 2.89. The molecular weight excluding hydrogens is 338 g/mol. The van der Waals surface area contributed by atoms with Gasteiger partial charge in [0, 0.05) is 19.2 Å². The summed E-state index contributed by atoms with van der Waals surface area (Å²) < 4.78 is 12.6. The average molecular weight is 359 g/mol. The lowest BCUT2D eigenvalue weighted by Gasteiger charge is -2.12. The summed E-state index contributed by atoms with van der Waals surface area (Å²) in [5, 5.41) is 15.8. The van der Waals surface area contributed by atoms with Gasteiger partial charge >= 0.3 is 5.97 Å². The molecule has 0 bridgehead atoms. The zero-order valence-electron chi connectivity index (χ0n) is 14.7. The van der Waals surface area contributed by atoms with Gasteiger partial charge in [0.1, 0.15) is 12.4 Å². The number of hydrogen-bond acceptors (Lipinski definition) is 5. The van der Waals surface area contributed by atoms with Crippen molar-refractivity contribution in [3.63, 3.8) is 0 Å². The molecule has 2 N–H and O–H groups in total. The Kier molecular flexibility index (Phi) is 5.22. The quantitative estimate of drug-likeness (QED) is 0.820. The van der Waals surface area contributed by atoms with Gasteiger partial charge in [-0.05, 0) is 38.0 Å². The number of aromatic nitrogens is 2. The molecule has 26 heavy (non-hydrogen) atoms. The predicted octanol–water partition coefficient (Wildman–Crippen LogP) is 2.24. The summed E-state index contributed by atoms with van der Waals surface area (Å²) in [5.74, 6) is -1.06. The molecule has 1 amide bonds. The Morgan fingerprint density at radius 2 is 2.27 bits per heavy atom. The van der Waals surface area contributed by atoms with Crippen molar-refractivity contribution in [2.24, 2.45) is 7.05 Å². The summed E-state index contributed by atoms with van der Waals surface area (Å²) in [7, 11) is 1.62. The molecule has 1 unspecified atom stereocenters. The normalized spacial score (nSPS) is 16.5. The Morgan fingerprint density at radius 1 is 1.46 bits per heavy atom. The second kappa shape index (κ2) is 7.57. The van der Waals surface area contributed by atoms with Crippen LogP contribution in [0, 0.1) is 6.92 Å². The zero-order chi connectivity index (χ0) is 18.7. The Labute approximate surface area is 150 Å². The molecule has 1 aliphatic heterocycles. The number of nitrogens with one attached hydrogen (secondary N) is 1. The van der Waals surface area contributed by atoms with E-state index in [-0.39, 0.29) is 17.5 Å². The van der Waals surface area contributed by atoms with E-state index >= 15 is 0 Å². The number of aromatic carboxylic acids is 1. The first-order valence-corrected chi connectivity index (χ1v) is 8.38. The van der Waals surface area contributed by atoms with Crippen LogP contribution in [-0.4, -0.2) is 46.1 Å². The first-order chi connectivity index (χ1) is 12.5. The fourth-order valence-electron chi connectivity index (χ4n) is 2.79. The van der Waals surface area contributed by atoms with Crippen LogP contribution in [-0.2, 0) is 11.8 Å². The minimum atomic E-state index is -1.20. The molecule has 2 heterocycles. The molecule has 0 aliphatic carbocycles. The number of carbonyl (C=O) groups is 2. The summed E-state index contributed by atoms with van der Waals surface area (Å²) in [5.41, 5.74) is 0.927. The molecule has 1 atom stereocenters. The van der Waals surface area contributed by atoms with E-state index in [0.29, 0.717) is 23.6 Å². The van der Waals surface area contributed by atoms with Gasteiger partial charge in [0.2, 0.25) is 0 Å². The smallest absolute Gasteiger partial charge is 0.358 e. The molecule has 1 saturated heterocycles. The third kappa shape index (κ3) is 3.85. The van der Waals surface area contributed by atoms with Gasteiger partial charge in [-0.15, -0.1) is 0 Å². The number of rotatable bonds is 6. The van der Waals surface area contributed by atoms with Gasteiger partial charge in [-0.2, -0.15) is 5.10 Å². The fourth-order valence-corrected chi connectivity index (χ4v) is 2.79. The summed E-state index contributed by atoms with van der Waals surface area (Å²) in [6.07, 6.45) is 2.09. The van der Waals surface area contributed by atoms with E-state index < -0.39 is 11.9 Å². The highest BCUT2D eigenvalue weighted by atomic mass is 16.5. The van der Waals surface area contributed by atoms with E-state index in [0.717, 1.165) is 19.4 Å². The van der Waals surface area contributed by atoms with Gasteiger partial charge in [0.05, 0.1) is 17.5 Å². The molecule has 1 aromatic carbocycles. The SMILES string of the molecule is Cc1c(NC(=O)c2cccc(OCC3CCCO3)c2)c(C(=O)O)nn1C. The third-order valence-corrected chi connectivity index (χ3v) is 4.33. The molecule has 1 aromatic heterocycles. The highest BCUT2D eigenvalue weighted by Crippen LogP contribution is 2.22. The Hall–Kier alpha value is -2.87. The van der Waals surface area contributed by atoms with Crippen molar-refractivity contribution >= 4 is 17.6 Å². The van der Waals surface area contributed by atoms with Crippen LogP contribution >= 0.6 is 0 Å². The number of hydrogen-bond donors (Lipinski definition) is 2. The highest BCUT2D eigenvalue weighted by Gasteiger charge is 2.21. The maximum Gasteiger partial charge on any atom is 0.358 e. The molecule has 8 nitrogen and oxygen atoms in total. The zero-order valence-corrected chi connectivity index (χ0v) is 14.7. The lowest BCUT2D eigenvalue weighted by molar-refractivity contribution is 0.0679. The molecule has 1 aliphatic rings. The van der Waals surface area contributed by atoms with Crippen molar-refractivity contribution in [3.8, 4) is 5.75 Å². The van der Waals surface area contributed by atoms with Crippen LogP contribution in [0.5, 0.6) is 5.75 Å². The van der Waals surface area contributed by atoms with Crippen molar-refractivity contribution in [2.45, 2.75) is 25.9 Å². The van der Waals surface area contributed by atoms with Gasteiger partial charge in [-0.1, -0.05) is 6.07 Å². The molecule has 8 heteroatoms. The number of carboxylic acids is 1. The Bertz CT molecular complexity index is 824. The van der Waals surface area contributed by atoms with E-state index in [2.05, 4.69) is 10.4 Å². The number of benzene rings is 1. The lowest BCUT2D eigenvalue weighted by Crippen LogP contribution is -2.17. The van der Waals surface area contributed by atoms with Crippen LogP contribution in [0.2, 0.25) is 0 Å². The van der Waals surface area contributed by atoms with Crippen molar-refractivity contribution in [3.05, 3.63) is 41.2 Å². The van der Waals surface area contributed by atoms with E-state index in [9.17, 15) is 14.7 Å². The molecule has 3 rings (SSSR count). The average Bonchev–Trinajstić information content (AvgIpc) is 3.24. The molecule has 1 fully saturated rings. The van der Waals surface area contributed by atoms with Crippen LogP contribution in [0.1, 0.15) is 39.4 Å². The number of carboxylic acid groups (broad SMARTS) is 1. The third-order valence-electron chi connectivity index (χ3n) is 4.33. The number of nitrogens with zero attached hydrogens (tertiary/aromatic N) is 2. The number of carbonyl (C=O) groups excluding carboxylic acids is 1. The van der Waals surface area contributed by atoms with E-state index in [1.807, 2.05) is 0 Å². The van der Waals surface area contributed by atoms with E-state index in [1.165, 1.54) is 4.68 Å². The predicted molar refractivity (Wildman–Crippen MR) is 93.8 cm³/mol. The fraction of sp³-hybridized carbons (Fsp3) is 0.389. The van der Waals surface area contributed by atoms with Gasteiger partial charge < -0.3 is 19.9 Å². The van der Waals surface area contributed by atoms with Crippen LogP contribution < -0.4 is 10.1 Å². The van der Waals surface area contributed by atoms with Gasteiger partial charge in [0.25, 0.3) is 5.91 Å². The van der Waals surface area contributed by atoms with Gasteiger partial charge in [-0.25, -0.2) is 4.79 Å². The van der Waals surface area contributed by atoms with Gasteiger partial charge in [-0.3, -0.25) is 9.48 Å². The molecule has 0 spiro atoms. The number of anilines is 1. The monoisotopic (exact) mass is 359 g/mol. The molecular formula is C18H21N3O5. The number of amides is 1. The summed E-state index contributed by atoms with van der Waals surface area (Å²) in [4.78, 5) is 23.9. The molecule has 2 aromatic rings. The largest absolute Gasteiger partial charge is 0.491 e. The Morgan fingerprint density at radius 3 is 2.96 bits per heavy atom. The highest BCUT2D eigenvalue weighted by molar-refractivity contribution is 6.07. The van der Waals surface area contributed by atoms with Crippen LogP contribution in [0.15, 0.2) is 24.3 Å². The van der Waals surface area contributed by atoms with E-state index in [1.54, 1.807) is 38.2 Å². The lowest BCUT2D eigenvalue weighted by atomic mass is 10.2. The second-order valence-electron chi connectivity index (χ2n) is 6.17. The minimum absolute atomic E-state index is 0.0867. The van der Waals surface area contributed by atoms with Crippen LogP contribution in [0.25, 0.3) is 0 Å². The van der Waals surface area contributed by atoms with Gasteiger partial charge in [0.15, 0.2) is 5.69 Å². The van der Waals surface area contributed by atoms with E-state index in [4.69, 9.17) is 9.47 Å². The number of aryl methyl sites for hydroxylation is 1. The molecule has 0 radical (unpaired) electrons. The second-order valence-corrected chi connectivity index (χ2v) is 6.17. The van der Waals surface area contributed by atoms with Crippen LogP contribution in [0.3, 0.4) is 0 Å². The van der Waals surface area contributed by atoms with Crippen molar-refractivity contribution < 1.29 is 24.2 Å². The first-order valence-electron chi connectivity index (χ1n) is 8.38. The minimum Gasteiger partial charge on any atom is -0.491 e. The maximum absolute atomic E-state index is 12.5. The summed E-state index contributed by atoms with van der Waals surface area (Å²) in [6, 6.07) is 6.74. The number of ether oxygens (including phenoxy) is 2. The molecule has 138 valence electrons. The van der Waals surface area contributed by atoms with Crippen molar-refractivity contribution in [1.82, 2.24) is 9.78 Å². The maximum atomic E-state index is 12.5. The topological polar surface area (TPSA) is 103 Å². The summed E-state index contributed by atoms with van der Waals surface area (Å²) >= 11 is 0. The standard InChI is InChI=1S/C18H21N3O5/c1-11-15(16(18(23)24)20-21(11)2)19-17(22)12-5-3-6-13(9-12)26-10-14-7-4-8-25-14/h3,5-6,9,14H,4,7-8,10H2,1-2H3,(H,19,22)(H,23,24). The van der Waals surface area contributed by atoms with Crippen molar-refractivity contribution in [2.75, 3.05) is 18.5 Å². The van der Waals surface area contributed by atoms with Crippen molar-refractivity contribution in [1.29, 1.82) is 0 Å². The Balaban J connectivity index is 1.72. The van der Waals surface area contributed by atoms with Crippen LogP contribution in [0.4, 0.5) is 5.69 Å².